The van der Waals surface area contributed by atoms with E-state index < -0.39 is 10.4 Å². The molecule has 0 N–H and O–H groups in total. The maximum atomic E-state index is 12.1. The molecule has 0 bridgehead atoms. The van der Waals surface area contributed by atoms with E-state index in [1.165, 1.54) is 19.1 Å². The van der Waals surface area contributed by atoms with Crippen LogP contribution in [-0.2, 0) is 0 Å². The Morgan fingerprint density at radius 3 is 2.44 bits per heavy atom. The highest BCUT2D eigenvalue weighted by atomic mass is 79.9. The van der Waals surface area contributed by atoms with Crippen molar-refractivity contribution in [3.63, 3.8) is 0 Å². The van der Waals surface area contributed by atoms with E-state index in [9.17, 15) is 23.3 Å². The molecule has 3 nitrogen and oxygen atoms in total. The lowest BCUT2D eigenvalue weighted by Crippen LogP contribution is -2.02. The Morgan fingerprint density at radius 2 is 2.00 bits per heavy atom. The van der Waals surface area contributed by atoms with E-state index in [2.05, 4.69) is 15.9 Å². The van der Waals surface area contributed by atoms with Crippen LogP contribution < -0.4 is 0 Å². The van der Waals surface area contributed by atoms with E-state index in [1.54, 1.807) is 0 Å². The van der Waals surface area contributed by atoms with Gasteiger partial charge in [0.1, 0.15) is 0 Å². The number of alkyl halides is 3. The minimum atomic E-state index is -4.45. The molecule has 16 heavy (non-hydrogen) atoms. The van der Waals surface area contributed by atoms with E-state index in [-0.39, 0.29) is 32.4 Å². The summed E-state index contributed by atoms with van der Waals surface area (Å²) in [6.07, 6.45) is 0. The summed E-state index contributed by atoms with van der Waals surface area (Å²) in [6, 6.07) is 2.43. The van der Waals surface area contributed by atoms with Gasteiger partial charge < -0.3 is 0 Å². The summed E-state index contributed by atoms with van der Waals surface area (Å²) in [5.74, 6) is 0. The molecule has 0 unspecified atom stereocenters. The molecule has 0 aliphatic heterocycles. The van der Waals surface area contributed by atoms with Gasteiger partial charge in [0.15, 0.2) is 0 Å². The van der Waals surface area contributed by atoms with Crippen molar-refractivity contribution in [2.24, 2.45) is 0 Å². The van der Waals surface area contributed by atoms with E-state index in [4.69, 9.17) is 0 Å². The van der Waals surface area contributed by atoms with Crippen molar-refractivity contribution in [2.45, 2.75) is 17.3 Å². The lowest BCUT2D eigenvalue weighted by Gasteiger charge is -2.09. The van der Waals surface area contributed by atoms with Crippen LogP contribution in [-0.4, -0.2) is 10.4 Å². The summed E-state index contributed by atoms with van der Waals surface area (Å²) >= 11 is 2.57. The Labute approximate surface area is 101 Å². The molecule has 0 spiro atoms. The first-order valence-corrected chi connectivity index (χ1v) is 5.52. The zero-order chi connectivity index (χ0) is 12.5. The van der Waals surface area contributed by atoms with Gasteiger partial charge in [-0.05, 0) is 46.7 Å². The van der Waals surface area contributed by atoms with E-state index in [1.807, 2.05) is 0 Å². The van der Waals surface area contributed by atoms with Gasteiger partial charge in [-0.25, -0.2) is 0 Å². The molecule has 0 aliphatic rings. The first-order valence-electron chi connectivity index (χ1n) is 3.91. The quantitative estimate of drug-likeness (QED) is 0.465. The second-order valence-electron chi connectivity index (χ2n) is 2.82. The standard InChI is InChI=1S/C8H5BrF3NO2S/c1-4-6(16-8(10,11)12)3-2-5(9)7(4)13(14)15/h2-3H,1H3. The monoisotopic (exact) mass is 315 g/mol. The number of hydrogen-bond acceptors (Lipinski definition) is 3. The Balaban J connectivity index is 3.24. The lowest BCUT2D eigenvalue weighted by molar-refractivity contribution is -0.386. The summed E-state index contributed by atoms with van der Waals surface area (Å²) in [5.41, 5.74) is -4.79. The van der Waals surface area contributed by atoms with Crippen LogP contribution >= 0.6 is 27.7 Å². The Kier molecular flexibility index (Phi) is 3.84. The summed E-state index contributed by atoms with van der Waals surface area (Å²) in [7, 11) is 0. The van der Waals surface area contributed by atoms with Crippen LogP contribution in [0.15, 0.2) is 21.5 Å². The second kappa shape index (κ2) is 4.62. The molecule has 1 aromatic rings. The van der Waals surface area contributed by atoms with E-state index >= 15 is 0 Å². The highest BCUT2D eigenvalue weighted by Gasteiger charge is 2.32. The Morgan fingerprint density at radius 1 is 1.44 bits per heavy atom. The molecule has 0 saturated carbocycles. The molecular formula is C8H5BrF3NO2S. The summed E-state index contributed by atoms with van der Waals surface area (Å²) < 4.78 is 36.6. The predicted molar refractivity (Wildman–Crippen MR) is 57.4 cm³/mol. The number of nitrogens with zero attached hydrogens (tertiary/aromatic N) is 1. The predicted octanol–water partition coefficient (Wildman–Crippen LogP) is 4.28. The highest BCUT2D eigenvalue weighted by Crippen LogP contribution is 2.42. The molecule has 8 heteroatoms. The largest absolute Gasteiger partial charge is 0.446 e. The third-order valence-corrected chi connectivity index (χ3v) is 3.27. The second-order valence-corrected chi connectivity index (χ2v) is 4.79. The van der Waals surface area contributed by atoms with Gasteiger partial charge in [-0.3, -0.25) is 10.1 Å². The number of nitro groups is 1. The smallest absolute Gasteiger partial charge is 0.258 e. The van der Waals surface area contributed by atoms with Gasteiger partial charge in [-0.15, -0.1) is 0 Å². The van der Waals surface area contributed by atoms with Crippen LogP contribution in [0.2, 0.25) is 0 Å². The number of benzene rings is 1. The number of halogens is 4. The molecule has 0 fully saturated rings. The van der Waals surface area contributed by atoms with Crippen molar-refractivity contribution in [2.75, 3.05) is 0 Å². The number of thioether (sulfide) groups is 1. The van der Waals surface area contributed by atoms with Gasteiger partial charge in [0.25, 0.3) is 5.69 Å². The number of hydrogen-bond donors (Lipinski definition) is 0. The molecule has 1 rings (SSSR count). The van der Waals surface area contributed by atoms with Gasteiger partial charge in [0.05, 0.1) is 9.40 Å². The van der Waals surface area contributed by atoms with Crippen molar-refractivity contribution in [3.05, 3.63) is 32.3 Å². The number of rotatable bonds is 2. The summed E-state index contributed by atoms with van der Waals surface area (Å²) in [4.78, 5) is 9.77. The van der Waals surface area contributed by atoms with Gasteiger partial charge in [-0.2, -0.15) is 13.2 Å². The van der Waals surface area contributed by atoms with Crippen LogP contribution in [0.4, 0.5) is 18.9 Å². The van der Waals surface area contributed by atoms with E-state index in [0.29, 0.717) is 0 Å². The van der Waals surface area contributed by atoms with Gasteiger partial charge in [-0.1, -0.05) is 0 Å². The molecule has 0 aromatic heterocycles. The molecule has 0 aliphatic carbocycles. The first kappa shape index (κ1) is 13.3. The summed E-state index contributed by atoms with van der Waals surface area (Å²) in [5, 5.41) is 10.6. The first-order chi connectivity index (χ1) is 7.22. The van der Waals surface area contributed by atoms with Crippen molar-refractivity contribution in [1.82, 2.24) is 0 Å². The average molecular weight is 316 g/mol. The highest BCUT2D eigenvalue weighted by molar-refractivity contribution is 9.10. The molecule has 0 saturated heterocycles. The molecule has 0 heterocycles. The molecule has 0 amide bonds. The zero-order valence-corrected chi connectivity index (χ0v) is 10.2. The maximum absolute atomic E-state index is 12.1. The maximum Gasteiger partial charge on any atom is 0.446 e. The summed E-state index contributed by atoms with van der Waals surface area (Å²) in [6.45, 7) is 1.29. The minimum Gasteiger partial charge on any atom is -0.258 e. The molecule has 88 valence electrons. The van der Waals surface area contributed by atoms with Crippen molar-refractivity contribution < 1.29 is 18.1 Å². The zero-order valence-electron chi connectivity index (χ0n) is 7.84. The van der Waals surface area contributed by atoms with Crippen LogP contribution in [0.3, 0.4) is 0 Å². The lowest BCUT2D eigenvalue weighted by atomic mass is 10.2. The average Bonchev–Trinajstić information content (AvgIpc) is 2.07. The minimum absolute atomic E-state index is 0.00157. The van der Waals surface area contributed by atoms with Crippen LogP contribution in [0.25, 0.3) is 0 Å². The fourth-order valence-corrected chi connectivity index (χ4v) is 2.32. The Hall–Kier alpha value is -0.760. The third-order valence-electron chi connectivity index (χ3n) is 1.74. The van der Waals surface area contributed by atoms with Gasteiger partial charge >= 0.3 is 5.51 Å². The fourth-order valence-electron chi connectivity index (χ4n) is 1.11. The van der Waals surface area contributed by atoms with Gasteiger partial charge in [0.2, 0.25) is 0 Å². The fraction of sp³-hybridized carbons (Fsp3) is 0.250. The molecule has 0 atom stereocenters. The topological polar surface area (TPSA) is 43.1 Å². The van der Waals surface area contributed by atoms with Crippen molar-refractivity contribution in [3.8, 4) is 0 Å². The van der Waals surface area contributed by atoms with E-state index in [0.717, 1.165) is 0 Å². The Bertz CT molecular complexity index is 436. The molecule has 0 radical (unpaired) electrons. The SMILES string of the molecule is Cc1c(SC(F)(F)F)ccc(Br)c1[N+](=O)[O-]. The van der Waals surface area contributed by atoms with Crippen molar-refractivity contribution >= 4 is 33.4 Å². The van der Waals surface area contributed by atoms with Crippen molar-refractivity contribution in [1.29, 1.82) is 0 Å². The van der Waals surface area contributed by atoms with Crippen LogP contribution in [0.1, 0.15) is 5.56 Å². The van der Waals surface area contributed by atoms with Gasteiger partial charge in [0, 0.05) is 10.5 Å². The normalized spacial score (nSPS) is 11.6. The molecular weight excluding hydrogens is 311 g/mol. The molecule has 1 aromatic carbocycles. The van der Waals surface area contributed by atoms with Crippen LogP contribution in [0, 0.1) is 17.0 Å². The van der Waals surface area contributed by atoms with Crippen LogP contribution in [0.5, 0.6) is 0 Å². The third kappa shape index (κ3) is 3.11. The number of nitro benzene ring substituents is 1.